The maximum Gasteiger partial charge on any atom is 0.136 e. The summed E-state index contributed by atoms with van der Waals surface area (Å²) < 4.78 is 41.7. The third-order valence-electron chi connectivity index (χ3n) is 7.60. The molecule has 1 heteroatoms. The van der Waals surface area contributed by atoms with Crippen LogP contribution >= 0.6 is 0 Å². The van der Waals surface area contributed by atoms with Gasteiger partial charge in [-0.2, -0.15) is 0 Å². The zero-order valence-corrected chi connectivity index (χ0v) is 21.0. The third-order valence-corrected chi connectivity index (χ3v) is 7.60. The summed E-state index contributed by atoms with van der Waals surface area (Å²) in [7, 11) is 0. The Morgan fingerprint density at radius 3 is 1.59 bits per heavy atom. The number of rotatable bonds is 3. The Labute approximate surface area is 232 Å². The molecule has 1 nitrogen and oxygen atoms in total. The Bertz CT molecular complexity index is 2330. The van der Waals surface area contributed by atoms with Crippen molar-refractivity contribution >= 4 is 43.5 Å². The van der Waals surface area contributed by atoms with Crippen molar-refractivity contribution in [2.24, 2.45) is 0 Å². The van der Waals surface area contributed by atoms with Crippen LogP contribution < -0.4 is 0 Å². The number of fused-ring (bicyclic) bond motifs is 5. The summed E-state index contributed by atoms with van der Waals surface area (Å²) >= 11 is 0. The van der Waals surface area contributed by atoms with Crippen molar-refractivity contribution in [1.29, 1.82) is 0 Å². The van der Waals surface area contributed by atoms with Gasteiger partial charge in [0.05, 0.1) is 5.48 Å². The summed E-state index contributed by atoms with van der Waals surface area (Å²) in [4.78, 5) is 0. The van der Waals surface area contributed by atoms with Crippen molar-refractivity contribution < 1.29 is 9.90 Å². The second-order valence-corrected chi connectivity index (χ2v) is 9.73. The highest BCUT2D eigenvalue weighted by Crippen LogP contribution is 2.48. The lowest BCUT2D eigenvalue weighted by atomic mass is 9.83. The first kappa shape index (κ1) is 18.2. The monoisotopic (exact) mass is 500 g/mol. The first-order chi connectivity index (χ1) is 21.0. The van der Waals surface area contributed by atoms with Crippen molar-refractivity contribution in [3.63, 3.8) is 0 Å². The zero-order chi connectivity index (χ0) is 29.2. The van der Waals surface area contributed by atoms with Crippen LogP contribution in [0.4, 0.5) is 0 Å². The van der Waals surface area contributed by atoms with Crippen molar-refractivity contribution in [2.75, 3.05) is 0 Å². The minimum atomic E-state index is -0.244. The maximum absolute atomic E-state index is 9.20. The van der Waals surface area contributed by atoms with E-state index in [0.717, 1.165) is 65.7 Å². The summed E-state index contributed by atoms with van der Waals surface area (Å²) in [6, 6.07) is 39.6. The van der Waals surface area contributed by atoms with Crippen LogP contribution in [0.15, 0.2) is 150 Å². The molecule has 1 aromatic heterocycles. The van der Waals surface area contributed by atoms with Gasteiger partial charge in [-0.05, 0) is 67.1 Å². The molecule has 1 heterocycles. The summed E-state index contributed by atoms with van der Waals surface area (Å²) in [5.74, 6) is 0. The lowest BCUT2D eigenvalue weighted by Crippen LogP contribution is -1.93. The molecule has 8 rings (SSSR count). The summed E-state index contributed by atoms with van der Waals surface area (Å²) in [6.07, 6.45) is 0. The number of para-hydroxylation sites is 1. The molecule has 0 aliphatic heterocycles. The Morgan fingerprint density at radius 1 is 0.410 bits per heavy atom. The van der Waals surface area contributed by atoms with Crippen LogP contribution in [-0.2, 0) is 0 Å². The van der Waals surface area contributed by atoms with Crippen LogP contribution in [0.2, 0.25) is 0 Å². The smallest absolute Gasteiger partial charge is 0.136 e. The van der Waals surface area contributed by atoms with Gasteiger partial charge in [-0.1, -0.05) is 133 Å². The van der Waals surface area contributed by atoms with E-state index in [0.29, 0.717) is 11.1 Å². The average molecular weight is 501 g/mol. The highest BCUT2D eigenvalue weighted by molar-refractivity contribution is 6.26. The minimum absolute atomic E-state index is 0.0472. The van der Waals surface area contributed by atoms with E-state index in [2.05, 4.69) is 36.4 Å². The Kier molecular flexibility index (Phi) is 4.06. The van der Waals surface area contributed by atoms with Crippen LogP contribution in [0.5, 0.6) is 0 Å². The van der Waals surface area contributed by atoms with Crippen LogP contribution in [0.3, 0.4) is 0 Å². The van der Waals surface area contributed by atoms with Gasteiger partial charge in [0.2, 0.25) is 0 Å². The first-order valence-corrected chi connectivity index (χ1v) is 13.0. The van der Waals surface area contributed by atoms with Gasteiger partial charge in [-0.3, -0.25) is 0 Å². The van der Waals surface area contributed by atoms with Crippen molar-refractivity contribution in [2.45, 2.75) is 0 Å². The lowest BCUT2D eigenvalue weighted by molar-refractivity contribution is 0.669. The number of hydrogen-bond acceptors (Lipinski definition) is 1. The normalized spacial score (nSPS) is 13.0. The van der Waals surface area contributed by atoms with Crippen LogP contribution in [0.1, 0.15) is 5.48 Å². The van der Waals surface area contributed by atoms with Gasteiger partial charge >= 0.3 is 0 Å². The molecule has 0 N–H and O–H groups in total. The average Bonchev–Trinajstić information content (AvgIpc) is 3.44. The Balaban J connectivity index is 1.59. The molecule has 0 amide bonds. The molecule has 0 fully saturated rings. The highest BCUT2D eigenvalue weighted by Gasteiger charge is 2.21. The van der Waals surface area contributed by atoms with E-state index >= 15 is 0 Å². The van der Waals surface area contributed by atoms with E-state index in [9.17, 15) is 1.37 Å². The largest absolute Gasteiger partial charge is 0.456 e. The fourth-order valence-corrected chi connectivity index (χ4v) is 5.99. The van der Waals surface area contributed by atoms with E-state index in [1.165, 1.54) is 0 Å². The molecule has 0 aliphatic rings. The molecule has 0 atom stereocenters. The molecule has 39 heavy (non-hydrogen) atoms. The van der Waals surface area contributed by atoms with Gasteiger partial charge in [0.25, 0.3) is 0 Å². The molecule has 0 spiro atoms. The van der Waals surface area contributed by atoms with Crippen LogP contribution in [0, 0.1) is 0 Å². The topological polar surface area (TPSA) is 13.1 Å². The first-order valence-electron chi connectivity index (χ1n) is 15.0. The van der Waals surface area contributed by atoms with E-state index in [1.54, 1.807) is 0 Å². The van der Waals surface area contributed by atoms with Gasteiger partial charge in [0.15, 0.2) is 0 Å². The predicted molar refractivity (Wildman–Crippen MR) is 165 cm³/mol. The molecule has 7 aromatic carbocycles. The Hall–Kier alpha value is -5.14. The molecule has 0 bridgehead atoms. The van der Waals surface area contributed by atoms with E-state index < -0.39 is 0 Å². The lowest BCUT2D eigenvalue weighted by Gasteiger charge is -2.20. The maximum atomic E-state index is 9.20. The van der Waals surface area contributed by atoms with Crippen molar-refractivity contribution in [1.82, 2.24) is 0 Å². The summed E-state index contributed by atoms with van der Waals surface area (Å²) in [5.41, 5.74) is 6.32. The second kappa shape index (κ2) is 8.72. The molecule has 0 saturated heterocycles. The molecule has 0 aliphatic carbocycles. The predicted octanol–water partition coefficient (Wildman–Crippen LogP) is 10.9. The van der Waals surface area contributed by atoms with Gasteiger partial charge < -0.3 is 4.42 Å². The summed E-state index contributed by atoms with van der Waals surface area (Å²) in [5, 5.41) is 5.94. The minimum Gasteiger partial charge on any atom is -0.456 e. The summed E-state index contributed by atoms with van der Waals surface area (Å²) in [6.45, 7) is 0. The van der Waals surface area contributed by atoms with E-state index in [4.69, 9.17) is 8.53 Å². The standard InChI is InChI=1S/C38H24O/c1-2-13-25(14-3-1)26-15-4-5-16-27(26)36-28-17-6-8-19-30(28)37(31-20-9-7-18-29(31)36)33-22-12-24-35-38(33)32-21-10-11-23-34(32)39-35/h1-24H/i4D,5D,15D,16D. The van der Waals surface area contributed by atoms with Crippen molar-refractivity contribution in [3.05, 3.63) is 145 Å². The second-order valence-electron chi connectivity index (χ2n) is 9.73. The van der Waals surface area contributed by atoms with Gasteiger partial charge in [-0.15, -0.1) is 0 Å². The van der Waals surface area contributed by atoms with Crippen LogP contribution in [-0.4, -0.2) is 0 Å². The molecular weight excluding hydrogens is 472 g/mol. The van der Waals surface area contributed by atoms with E-state index in [1.807, 2.05) is 84.9 Å². The number of furan rings is 1. The number of benzene rings is 7. The third kappa shape index (κ3) is 3.34. The molecule has 0 saturated carbocycles. The molecular formula is C38H24O. The number of hydrogen-bond donors (Lipinski definition) is 0. The zero-order valence-electron chi connectivity index (χ0n) is 25.0. The van der Waals surface area contributed by atoms with Gasteiger partial charge in [0, 0.05) is 10.8 Å². The fourth-order valence-electron chi connectivity index (χ4n) is 5.99. The molecule has 8 aromatic rings. The van der Waals surface area contributed by atoms with Gasteiger partial charge in [0.1, 0.15) is 11.2 Å². The van der Waals surface area contributed by atoms with Gasteiger partial charge in [-0.25, -0.2) is 0 Å². The highest BCUT2D eigenvalue weighted by atomic mass is 16.3. The fraction of sp³-hybridized carbons (Fsp3) is 0. The van der Waals surface area contributed by atoms with E-state index in [-0.39, 0.29) is 24.2 Å². The van der Waals surface area contributed by atoms with Crippen LogP contribution in [0.25, 0.3) is 76.9 Å². The molecule has 0 radical (unpaired) electrons. The Morgan fingerprint density at radius 2 is 0.923 bits per heavy atom. The van der Waals surface area contributed by atoms with Crippen molar-refractivity contribution in [3.8, 4) is 33.4 Å². The SMILES string of the molecule is [2H]c1c([2H])c([2H])c(-c2c3ccccc3c(-c3cccc4oc5ccccc5c34)c3ccccc23)c(-c2ccccc2)c1[2H]. The quantitative estimate of drug-likeness (QED) is 0.220. The molecule has 0 unspecified atom stereocenters. The molecule has 182 valence electrons.